The molecular weight excluding hydrogens is 514 g/mol. The van der Waals surface area contributed by atoms with Crippen LogP contribution in [0.15, 0.2) is 108 Å². The quantitative estimate of drug-likeness (QED) is 0.248. The van der Waals surface area contributed by atoms with Crippen LogP contribution in [0.25, 0.3) is 11.1 Å². The Bertz CT molecular complexity index is 1350. The first-order valence-electron chi connectivity index (χ1n) is 14.2. The Balaban J connectivity index is 1.32. The third-order valence-corrected chi connectivity index (χ3v) is 7.43. The van der Waals surface area contributed by atoms with Crippen LogP contribution in [0.5, 0.6) is 0 Å². The summed E-state index contributed by atoms with van der Waals surface area (Å²) in [7, 11) is 0. The summed E-state index contributed by atoms with van der Waals surface area (Å²) in [6, 6.07) is 31.5. The Labute approximate surface area is 241 Å². The van der Waals surface area contributed by atoms with Crippen molar-refractivity contribution in [2.24, 2.45) is 0 Å². The molecular formula is C34H37N3O4. The number of hydrogen-bond acceptors (Lipinski definition) is 5. The monoisotopic (exact) mass is 551 g/mol. The van der Waals surface area contributed by atoms with E-state index in [-0.39, 0.29) is 18.4 Å². The van der Waals surface area contributed by atoms with Crippen LogP contribution in [0, 0.1) is 0 Å². The molecule has 7 nitrogen and oxygen atoms in total. The second-order valence-electron chi connectivity index (χ2n) is 10.3. The Hall–Kier alpha value is -4.20. The van der Waals surface area contributed by atoms with Crippen LogP contribution in [0.3, 0.4) is 0 Å². The van der Waals surface area contributed by atoms with E-state index >= 15 is 0 Å². The molecule has 0 spiro atoms. The molecule has 2 heterocycles. The molecule has 3 aromatic carbocycles. The second-order valence-corrected chi connectivity index (χ2v) is 10.3. The number of ether oxygens (including phenoxy) is 1. The van der Waals surface area contributed by atoms with Crippen molar-refractivity contribution in [3.63, 3.8) is 0 Å². The van der Waals surface area contributed by atoms with Crippen molar-refractivity contribution in [1.82, 2.24) is 14.7 Å². The average Bonchev–Trinajstić information content (AvgIpc) is 3.56. The van der Waals surface area contributed by atoms with Crippen molar-refractivity contribution in [2.75, 3.05) is 52.5 Å². The molecule has 1 aromatic heterocycles. The highest BCUT2D eigenvalue weighted by molar-refractivity contribution is 5.97. The van der Waals surface area contributed by atoms with Crippen molar-refractivity contribution < 1.29 is 18.7 Å². The van der Waals surface area contributed by atoms with Crippen LogP contribution in [0.4, 0.5) is 0 Å². The molecule has 1 aliphatic heterocycles. The molecule has 1 saturated heterocycles. The zero-order valence-corrected chi connectivity index (χ0v) is 23.4. The predicted molar refractivity (Wildman–Crippen MR) is 159 cm³/mol. The molecule has 0 N–H and O–H groups in total. The number of carbonyl (C=O) groups excluding carboxylic acids is 2. The maximum absolute atomic E-state index is 13.8. The van der Waals surface area contributed by atoms with E-state index in [9.17, 15) is 9.59 Å². The number of hydrogen-bond donors (Lipinski definition) is 0. The minimum absolute atomic E-state index is 0.000885. The number of amides is 2. The van der Waals surface area contributed by atoms with E-state index in [4.69, 9.17) is 9.15 Å². The fourth-order valence-corrected chi connectivity index (χ4v) is 5.01. The van der Waals surface area contributed by atoms with Crippen molar-refractivity contribution in [1.29, 1.82) is 0 Å². The normalized spacial score (nSPS) is 13.6. The summed E-state index contributed by atoms with van der Waals surface area (Å²) >= 11 is 0. The highest BCUT2D eigenvalue weighted by Gasteiger charge is 2.24. The van der Waals surface area contributed by atoms with Crippen LogP contribution in [-0.4, -0.2) is 79.0 Å². The summed E-state index contributed by atoms with van der Waals surface area (Å²) in [5, 5.41) is 0. The highest BCUT2D eigenvalue weighted by atomic mass is 16.5. The van der Waals surface area contributed by atoms with E-state index in [1.807, 2.05) is 84.9 Å². The topological polar surface area (TPSA) is 66.2 Å². The minimum atomic E-state index is -0.146. The van der Waals surface area contributed by atoms with Crippen molar-refractivity contribution in [2.45, 2.75) is 13.0 Å². The first-order valence-corrected chi connectivity index (χ1v) is 14.2. The molecule has 212 valence electrons. The summed E-state index contributed by atoms with van der Waals surface area (Å²) < 4.78 is 11.1. The van der Waals surface area contributed by atoms with E-state index < -0.39 is 0 Å². The van der Waals surface area contributed by atoms with Gasteiger partial charge in [-0.3, -0.25) is 14.5 Å². The third-order valence-electron chi connectivity index (χ3n) is 7.43. The van der Waals surface area contributed by atoms with E-state index in [2.05, 4.69) is 17.0 Å². The molecule has 7 heteroatoms. The summed E-state index contributed by atoms with van der Waals surface area (Å²) in [5.74, 6) is 0.467. The van der Waals surface area contributed by atoms with E-state index in [1.54, 1.807) is 16.1 Å². The van der Waals surface area contributed by atoms with Crippen LogP contribution in [0.1, 0.15) is 21.7 Å². The first kappa shape index (κ1) is 28.3. The molecule has 0 radical (unpaired) electrons. The third kappa shape index (κ3) is 8.16. The van der Waals surface area contributed by atoms with Crippen LogP contribution < -0.4 is 0 Å². The van der Waals surface area contributed by atoms with Gasteiger partial charge in [0.1, 0.15) is 12.3 Å². The molecule has 0 bridgehead atoms. The van der Waals surface area contributed by atoms with Gasteiger partial charge in [0.15, 0.2) is 0 Å². The van der Waals surface area contributed by atoms with E-state index in [0.717, 1.165) is 36.2 Å². The number of morpholine rings is 1. The SMILES string of the molecule is O=C(CN(CCN1CCOCC1)C(=O)c1ccc(-c2ccccc2)cc1)N(CCc1ccccc1)Cc1ccco1. The van der Waals surface area contributed by atoms with Gasteiger partial charge in [0.05, 0.1) is 26.0 Å². The highest BCUT2D eigenvalue weighted by Crippen LogP contribution is 2.20. The molecule has 2 amide bonds. The Morgan fingerprint density at radius 1 is 0.732 bits per heavy atom. The van der Waals surface area contributed by atoms with E-state index in [1.165, 1.54) is 0 Å². The molecule has 41 heavy (non-hydrogen) atoms. The Morgan fingerprint density at radius 2 is 1.41 bits per heavy atom. The van der Waals surface area contributed by atoms with Gasteiger partial charge in [0.25, 0.3) is 5.91 Å². The molecule has 4 aromatic rings. The molecule has 1 fully saturated rings. The largest absolute Gasteiger partial charge is 0.467 e. The Morgan fingerprint density at radius 3 is 2.10 bits per heavy atom. The lowest BCUT2D eigenvalue weighted by atomic mass is 10.0. The van der Waals surface area contributed by atoms with Gasteiger partial charge < -0.3 is 19.0 Å². The Kier molecular flexibility index (Phi) is 9.98. The summed E-state index contributed by atoms with van der Waals surface area (Å²) in [5.41, 5.74) is 3.87. The fraction of sp³-hybridized carbons (Fsp3) is 0.294. The standard InChI is InChI=1S/C34H37N3O4/c38-33(36(26-32-12-7-23-41-32)18-17-28-8-3-1-4-9-28)27-37(20-19-35-21-24-40-25-22-35)34(39)31-15-13-30(14-16-31)29-10-5-2-6-11-29/h1-16,23H,17-22,24-27H2. The molecule has 0 unspecified atom stereocenters. The number of benzene rings is 3. The summed E-state index contributed by atoms with van der Waals surface area (Å²) in [4.78, 5) is 33.4. The fourth-order valence-electron chi connectivity index (χ4n) is 5.01. The van der Waals surface area contributed by atoms with Gasteiger partial charge in [-0.15, -0.1) is 0 Å². The lowest BCUT2D eigenvalue weighted by molar-refractivity contribution is -0.132. The molecule has 0 aliphatic carbocycles. The average molecular weight is 552 g/mol. The summed E-state index contributed by atoms with van der Waals surface area (Å²) in [6.07, 6.45) is 2.34. The van der Waals surface area contributed by atoms with Gasteiger partial charge in [-0.25, -0.2) is 0 Å². The van der Waals surface area contributed by atoms with Gasteiger partial charge in [-0.05, 0) is 47.4 Å². The van der Waals surface area contributed by atoms with Gasteiger partial charge in [0.2, 0.25) is 5.91 Å². The molecule has 0 atom stereocenters. The lowest BCUT2D eigenvalue weighted by Gasteiger charge is -2.31. The molecule has 5 rings (SSSR count). The van der Waals surface area contributed by atoms with Gasteiger partial charge in [-0.2, -0.15) is 0 Å². The number of rotatable bonds is 12. The molecule has 0 saturated carbocycles. The minimum Gasteiger partial charge on any atom is -0.467 e. The first-order chi connectivity index (χ1) is 20.2. The van der Waals surface area contributed by atoms with Crippen molar-refractivity contribution in [3.8, 4) is 11.1 Å². The number of carbonyl (C=O) groups is 2. The predicted octanol–water partition coefficient (Wildman–Crippen LogP) is 4.99. The maximum atomic E-state index is 13.8. The molecule has 1 aliphatic rings. The van der Waals surface area contributed by atoms with Crippen molar-refractivity contribution in [3.05, 3.63) is 120 Å². The van der Waals surface area contributed by atoms with Crippen LogP contribution in [0.2, 0.25) is 0 Å². The number of nitrogens with zero attached hydrogens (tertiary/aromatic N) is 3. The maximum Gasteiger partial charge on any atom is 0.254 e. The van der Waals surface area contributed by atoms with E-state index in [0.29, 0.717) is 50.7 Å². The van der Waals surface area contributed by atoms with Gasteiger partial charge in [-0.1, -0.05) is 72.8 Å². The smallest absolute Gasteiger partial charge is 0.254 e. The van der Waals surface area contributed by atoms with Crippen molar-refractivity contribution >= 4 is 11.8 Å². The second kappa shape index (κ2) is 14.4. The zero-order valence-electron chi connectivity index (χ0n) is 23.4. The number of furan rings is 1. The lowest BCUT2D eigenvalue weighted by Crippen LogP contribution is -2.47. The van der Waals surface area contributed by atoms with Crippen LogP contribution in [-0.2, 0) is 22.5 Å². The zero-order chi connectivity index (χ0) is 28.3. The van der Waals surface area contributed by atoms with Gasteiger partial charge in [0, 0.05) is 38.3 Å². The van der Waals surface area contributed by atoms with Gasteiger partial charge >= 0.3 is 0 Å². The summed E-state index contributed by atoms with van der Waals surface area (Å²) in [6.45, 7) is 5.04. The van der Waals surface area contributed by atoms with Crippen LogP contribution >= 0.6 is 0 Å².